The molecular formula is C15H16N2S. The Morgan fingerprint density at radius 1 is 1.06 bits per heavy atom. The number of hydrazine groups is 1. The maximum atomic E-state index is 5.78. The number of fused-ring (bicyclic) bond motifs is 1. The van der Waals surface area contributed by atoms with Gasteiger partial charge in [0.2, 0.25) is 0 Å². The van der Waals surface area contributed by atoms with E-state index in [1.165, 1.54) is 16.0 Å². The predicted octanol–water partition coefficient (Wildman–Crippen LogP) is 3.08. The van der Waals surface area contributed by atoms with E-state index < -0.39 is 0 Å². The van der Waals surface area contributed by atoms with Gasteiger partial charge in [0.1, 0.15) is 0 Å². The largest absolute Gasteiger partial charge is 0.271 e. The highest BCUT2D eigenvalue weighted by Crippen LogP contribution is 2.45. The molecule has 18 heavy (non-hydrogen) atoms. The summed E-state index contributed by atoms with van der Waals surface area (Å²) in [5.41, 5.74) is 5.65. The maximum absolute atomic E-state index is 5.78. The summed E-state index contributed by atoms with van der Waals surface area (Å²) in [7, 11) is 0. The Balaban J connectivity index is 1.95. The topological polar surface area (TPSA) is 38.0 Å². The Morgan fingerprint density at radius 2 is 1.78 bits per heavy atom. The van der Waals surface area contributed by atoms with Crippen molar-refractivity contribution in [3.63, 3.8) is 0 Å². The van der Waals surface area contributed by atoms with Crippen molar-refractivity contribution >= 4 is 11.8 Å². The lowest BCUT2D eigenvalue weighted by Gasteiger charge is -2.23. The van der Waals surface area contributed by atoms with Crippen molar-refractivity contribution in [3.8, 4) is 0 Å². The van der Waals surface area contributed by atoms with Crippen LogP contribution >= 0.6 is 11.8 Å². The first-order chi connectivity index (χ1) is 8.90. The predicted molar refractivity (Wildman–Crippen MR) is 76.4 cm³/mol. The monoisotopic (exact) mass is 256 g/mol. The van der Waals surface area contributed by atoms with Crippen LogP contribution in [-0.4, -0.2) is 5.75 Å². The summed E-state index contributed by atoms with van der Waals surface area (Å²) < 4.78 is 0. The lowest BCUT2D eigenvalue weighted by atomic mass is 9.89. The molecule has 2 nitrogen and oxygen atoms in total. The Hall–Kier alpha value is -1.29. The van der Waals surface area contributed by atoms with Gasteiger partial charge in [0.15, 0.2) is 0 Å². The van der Waals surface area contributed by atoms with E-state index in [2.05, 4.69) is 54.0 Å². The van der Waals surface area contributed by atoms with Crippen LogP contribution in [0.1, 0.15) is 23.1 Å². The first kappa shape index (κ1) is 11.8. The number of nitrogens with two attached hydrogens (primary N) is 1. The van der Waals surface area contributed by atoms with Crippen LogP contribution in [0.5, 0.6) is 0 Å². The standard InChI is InChI=1S/C15H16N2S/c16-17-15(11-6-2-1-3-7-11)13-10-18-14-9-5-4-8-12(13)14/h1-9,13,15,17H,10,16H2. The molecule has 0 aromatic heterocycles. The highest BCUT2D eigenvalue weighted by molar-refractivity contribution is 7.99. The van der Waals surface area contributed by atoms with Gasteiger partial charge in [-0.3, -0.25) is 11.3 Å². The fraction of sp³-hybridized carbons (Fsp3) is 0.200. The molecule has 0 radical (unpaired) electrons. The molecule has 0 saturated carbocycles. The summed E-state index contributed by atoms with van der Waals surface area (Å²) in [6, 6.07) is 19.2. The van der Waals surface area contributed by atoms with Crippen LogP contribution in [0.2, 0.25) is 0 Å². The Morgan fingerprint density at radius 3 is 2.56 bits per heavy atom. The number of thioether (sulfide) groups is 1. The first-order valence-electron chi connectivity index (χ1n) is 6.13. The molecular weight excluding hydrogens is 240 g/mol. The van der Waals surface area contributed by atoms with Gasteiger partial charge in [-0.05, 0) is 17.2 Å². The zero-order valence-corrected chi connectivity index (χ0v) is 10.9. The minimum Gasteiger partial charge on any atom is -0.271 e. The zero-order valence-electron chi connectivity index (χ0n) is 10.0. The number of rotatable bonds is 3. The van der Waals surface area contributed by atoms with Crippen LogP contribution in [-0.2, 0) is 0 Å². The van der Waals surface area contributed by atoms with Gasteiger partial charge in [-0.15, -0.1) is 11.8 Å². The molecule has 0 spiro atoms. The molecule has 0 aliphatic carbocycles. The minimum atomic E-state index is 0.183. The van der Waals surface area contributed by atoms with Gasteiger partial charge in [0, 0.05) is 16.6 Å². The van der Waals surface area contributed by atoms with E-state index in [4.69, 9.17) is 5.84 Å². The van der Waals surface area contributed by atoms with Crippen LogP contribution in [0, 0.1) is 0 Å². The van der Waals surface area contributed by atoms with Gasteiger partial charge in [-0.1, -0.05) is 48.5 Å². The summed E-state index contributed by atoms with van der Waals surface area (Å²) >= 11 is 1.92. The van der Waals surface area contributed by atoms with E-state index in [0.29, 0.717) is 5.92 Å². The van der Waals surface area contributed by atoms with Crippen molar-refractivity contribution in [1.29, 1.82) is 0 Å². The molecule has 3 rings (SSSR count). The number of hydrogen-bond donors (Lipinski definition) is 2. The molecule has 92 valence electrons. The maximum Gasteiger partial charge on any atom is 0.0536 e. The van der Waals surface area contributed by atoms with Gasteiger partial charge in [0.25, 0.3) is 0 Å². The van der Waals surface area contributed by atoms with Crippen LogP contribution in [0.4, 0.5) is 0 Å². The van der Waals surface area contributed by atoms with E-state index in [1.54, 1.807) is 0 Å². The molecule has 1 aliphatic heterocycles. The second-order valence-electron chi connectivity index (χ2n) is 4.51. The molecule has 1 aliphatic rings. The van der Waals surface area contributed by atoms with Crippen LogP contribution in [0.15, 0.2) is 59.5 Å². The fourth-order valence-corrected chi connectivity index (χ4v) is 3.86. The van der Waals surface area contributed by atoms with Crippen molar-refractivity contribution in [2.75, 3.05) is 5.75 Å². The summed E-state index contributed by atoms with van der Waals surface area (Å²) in [6.07, 6.45) is 0. The van der Waals surface area contributed by atoms with Crippen molar-refractivity contribution in [3.05, 3.63) is 65.7 Å². The third-order valence-electron chi connectivity index (χ3n) is 3.48. The van der Waals surface area contributed by atoms with E-state index >= 15 is 0 Å². The molecule has 0 amide bonds. The SMILES string of the molecule is NNC(c1ccccc1)C1CSc2ccccc21. The summed E-state index contributed by atoms with van der Waals surface area (Å²) in [5, 5.41) is 0. The average molecular weight is 256 g/mol. The Kier molecular flexibility index (Phi) is 3.37. The number of nitrogens with one attached hydrogen (secondary N) is 1. The van der Waals surface area contributed by atoms with Crippen molar-refractivity contribution in [2.45, 2.75) is 16.9 Å². The summed E-state index contributed by atoms with van der Waals surface area (Å²) in [6.45, 7) is 0. The summed E-state index contributed by atoms with van der Waals surface area (Å²) in [4.78, 5) is 1.39. The van der Waals surface area contributed by atoms with Gasteiger partial charge >= 0.3 is 0 Å². The van der Waals surface area contributed by atoms with E-state index in [0.717, 1.165) is 5.75 Å². The average Bonchev–Trinajstić information content (AvgIpc) is 2.85. The first-order valence-corrected chi connectivity index (χ1v) is 7.11. The normalized spacial score (nSPS) is 19.5. The Bertz CT molecular complexity index is 527. The van der Waals surface area contributed by atoms with Gasteiger partial charge < -0.3 is 0 Å². The van der Waals surface area contributed by atoms with Gasteiger partial charge in [-0.2, -0.15) is 0 Å². The third-order valence-corrected chi connectivity index (χ3v) is 4.69. The molecule has 1 heterocycles. The van der Waals surface area contributed by atoms with Gasteiger partial charge in [-0.25, -0.2) is 0 Å². The second kappa shape index (κ2) is 5.14. The third kappa shape index (κ3) is 2.05. The van der Waals surface area contributed by atoms with Crippen LogP contribution in [0.3, 0.4) is 0 Å². The molecule has 0 fully saturated rings. The molecule has 0 saturated heterocycles. The lowest BCUT2D eigenvalue weighted by molar-refractivity contribution is 0.485. The molecule has 2 unspecified atom stereocenters. The molecule has 2 atom stereocenters. The van der Waals surface area contributed by atoms with Crippen molar-refractivity contribution in [2.24, 2.45) is 5.84 Å². The van der Waals surface area contributed by atoms with E-state index in [9.17, 15) is 0 Å². The highest BCUT2D eigenvalue weighted by atomic mass is 32.2. The second-order valence-corrected chi connectivity index (χ2v) is 5.57. The lowest BCUT2D eigenvalue weighted by Crippen LogP contribution is -2.32. The number of benzene rings is 2. The van der Waals surface area contributed by atoms with E-state index in [-0.39, 0.29) is 6.04 Å². The van der Waals surface area contributed by atoms with Crippen LogP contribution in [0.25, 0.3) is 0 Å². The Labute approximate surface area is 112 Å². The van der Waals surface area contributed by atoms with Crippen molar-refractivity contribution in [1.82, 2.24) is 5.43 Å². The minimum absolute atomic E-state index is 0.183. The number of hydrogen-bond acceptors (Lipinski definition) is 3. The van der Waals surface area contributed by atoms with Gasteiger partial charge in [0.05, 0.1) is 6.04 Å². The quantitative estimate of drug-likeness (QED) is 0.654. The fourth-order valence-electron chi connectivity index (χ4n) is 2.57. The smallest absolute Gasteiger partial charge is 0.0536 e. The molecule has 2 aromatic carbocycles. The molecule has 2 aromatic rings. The molecule has 3 heteroatoms. The van der Waals surface area contributed by atoms with Crippen LogP contribution < -0.4 is 11.3 Å². The highest BCUT2D eigenvalue weighted by Gasteiger charge is 2.30. The molecule has 0 bridgehead atoms. The summed E-state index contributed by atoms with van der Waals surface area (Å²) in [5.74, 6) is 7.31. The molecule has 3 N–H and O–H groups in total. The van der Waals surface area contributed by atoms with Crippen molar-refractivity contribution < 1.29 is 0 Å². The zero-order chi connectivity index (χ0) is 12.4. The van der Waals surface area contributed by atoms with E-state index in [1.807, 2.05) is 17.8 Å².